The van der Waals surface area contributed by atoms with E-state index >= 15 is 0 Å². The summed E-state index contributed by atoms with van der Waals surface area (Å²) in [5.74, 6) is -0.221. The number of nitrogens with two attached hydrogens (primary N) is 1. The lowest BCUT2D eigenvalue weighted by molar-refractivity contribution is -0.114. The highest BCUT2D eigenvalue weighted by Crippen LogP contribution is 2.27. The third-order valence-electron chi connectivity index (χ3n) is 3.24. The monoisotopic (exact) mass is 317 g/mol. The molecule has 6 heteroatoms. The summed E-state index contributed by atoms with van der Waals surface area (Å²) in [6.07, 6.45) is 1.87. The molecule has 2 rings (SSSR count). The SMILES string of the molecule is CCCc1ccc(-c2csc(NC(=O)CN)n2)cc1C(C)=O. The number of nitrogens with one attached hydrogen (secondary N) is 1. The molecule has 1 amide bonds. The molecule has 0 spiro atoms. The molecule has 0 aliphatic heterocycles. The van der Waals surface area contributed by atoms with Gasteiger partial charge in [-0.1, -0.05) is 25.5 Å². The third kappa shape index (κ3) is 3.78. The average Bonchev–Trinajstić information content (AvgIpc) is 2.96. The van der Waals surface area contributed by atoms with Gasteiger partial charge in [-0.25, -0.2) is 4.98 Å². The van der Waals surface area contributed by atoms with Crippen LogP contribution in [0.25, 0.3) is 11.3 Å². The van der Waals surface area contributed by atoms with Gasteiger partial charge in [0.15, 0.2) is 10.9 Å². The number of anilines is 1. The highest BCUT2D eigenvalue weighted by molar-refractivity contribution is 7.14. The molecule has 1 aromatic heterocycles. The van der Waals surface area contributed by atoms with E-state index in [0.29, 0.717) is 5.13 Å². The van der Waals surface area contributed by atoms with Crippen molar-refractivity contribution in [2.45, 2.75) is 26.7 Å². The molecule has 0 unspecified atom stereocenters. The van der Waals surface area contributed by atoms with Crippen LogP contribution < -0.4 is 11.1 Å². The van der Waals surface area contributed by atoms with Gasteiger partial charge in [0.05, 0.1) is 12.2 Å². The Bertz CT molecular complexity index is 694. The summed E-state index contributed by atoms with van der Waals surface area (Å²) in [6.45, 7) is 3.59. The van der Waals surface area contributed by atoms with E-state index in [1.165, 1.54) is 11.3 Å². The molecule has 0 bridgehead atoms. The Morgan fingerprint density at radius 2 is 2.14 bits per heavy atom. The predicted octanol–water partition coefficient (Wildman–Crippen LogP) is 2.86. The number of aromatic nitrogens is 1. The minimum atomic E-state index is -0.274. The van der Waals surface area contributed by atoms with Crippen molar-refractivity contribution in [3.8, 4) is 11.3 Å². The van der Waals surface area contributed by atoms with Crippen molar-refractivity contribution in [1.82, 2.24) is 4.98 Å². The number of ketones is 1. The van der Waals surface area contributed by atoms with E-state index in [4.69, 9.17) is 5.73 Å². The Kier molecular flexibility index (Phi) is 5.41. The highest BCUT2D eigenvalue weighted by Gasteiger charge is 2.11. The molecule has 3 N–H and O–H groups in total. The first-order valence-corrected chi connectivity index (χ1v) is 8.02. The molecule has 22 heavy (non-hydrogen) atoms. The van der Waals surface area contributed by atoms with Crippen LogP contribution in [-0.4, -0.2) is 23.2 Å². The van der Waals surface area contributed by atoms with Crippen molar-refractivity contribution in [1.29, 1.82) is 0 Å². The summed E-state index contributed by atoms with van der Waals surface area (Å²) in [7, 11) is 0. The number of benzene rings is 1. The van der Waals surface area contributed by atoms with Gasteiger partial charge in [-0.05, 0) is 25.0 Å². The van der Waals surface area contributed by atoms with Gasteiger partial charge in [-0.2, -0.15) is 0 Å². The van der Waals surface area contributed by atoms with Crippen molar-refractivity contribution in [3.63, 3.8) is 0 Å². The van der Waals surface area contributed by atoms with Crippen molar-refractivity contribution in [2.75, 3.05) is 11.9 Å². The number of rotatable bonds is 6. The van der Waals surface area contributed by atoms with Crippen LogP contribution >= 0.6 is 11.3 Å². The summed E-state index contributed by atoms with van der Waals surface area (Å²) in [5.41, 5.74) is 8.67. The molecule has 0 saturated carbocycles. The van der Waals surface area contributed by atoms with Crippen LogP contribution in [0.3, 0.4) is 0 Å². The Morgan fingerprint density at radius 3 is 2.77 bits per heavy atom. The first-order valence-electron chi connectivity index (χ1n) is 7.14. The standard InChI is InChI=1S/C16H19N3O2S/c1-3-4-11-5-6-12(7-13(11)10(2)20)14-9-22-16(18-14)19-15(21)8-17/h5-7,9H,3-4,8,17H2,1-2H3,(H,18,19,21). The fraction of sp³-hybridized carbons (Fsp3) is 0.312. The molecule has 0 atom stereocenters. The van der Waals surface area contributed by atoms with Crippen LogP contribution in [0.1, 0.15) is 36.2 Å². The second-order valence-electron chi connectivity index (χ2n) is 4.97. The van der Waals surface area contributed by atoms with Gasteiger partial charge in [0.25, 0.3) is 0 Å². The Morgan fingerprint density at radius 1 is 1.36 bits per heavy atom. The maximum atomic E-state index is 11.8. The molecule has 0 saturated heterocycles. The van der Waals surface area contributed by atoms with E-state index < -0.39 is 0 Å². The molecule has 0 fully saturated rings. The molecule has 1 aromatic carbocycles. The zero-order valence-corrected chi connectivity index (χ0v) is 13.5. The summed E-state index contributed by atoms with van der Waals surface area (Å²) >= 11 is 1.33. The molecule has 1 heterocycles. The molecular weight excluding hydrogens is 298 g/mol. The van der Waals surface area contributed by atoms with Crippen LogP contribution in [0.5, 0.6) is 0 Å². The van der Waals surface area contributed by atoms with Crippen LogP contribution in [0.2, 0.25) is 0 Å². The Labute approximate surface area is 133 Å². The minimum absolute atomic E-state index is 0.0530. The van der Waals surface area contributed by atoms with Crippen molar-refractivity contribution < 1.29 is 9.59 Å². The number of nitrogens with zero attached hydrogens (tertiary/aromatic N) is 1. The van der Waals surface area contributed by atoms with Crippen LogP contribution in [0.4, 0.5) is 5.13 Å². The van der Waals surface area contributed by atoms with Crippen LogP contribution in [0.15, 0.2) is 23.6 Å². The fourth-order valence-electron chi connectivity index (χ4n) is 2.18. The summed E-state index contributed by atoms with van der Waals surface area (Å²) in [6, 6.07) is 5.81. The molecule has 0 radical (unpaired) electrons. The number of thiazole rings is 1. The van der Waals surface area contributed by atoms with Gasteiger partial charge in [0.2, 0.25) is 5.91 Å². The number of carbonyl (C=O) groups excluding carboxylic acids is 2. The predicted molar refractivity (Wildman–Crippen MR) is 89.2 cm³/mol. The highest BCUT2D eigenvalue weighted by atomic mass is 32.1. The molecule has 5 nitrogen and oxygen atoms in total. The first-order chi connectivity index (χ1) is 10.5. The Hall–Kier alpha value is -2.05. The van der Waals surface area contributed by atoms with E-state index in [9.17, 15) is 9.59 Å². The van der Waals surface area contributed by atoms with E-state index in [1.54, 1.807) is 6.92 Å². The number of hydrogen-bond acceptors (Lipinski definition) is 5. The van der Waals surface area contributed by atoms with Gasteiger partial charge in [0, 0.05) is 16.5 Å². The maximum absolute atomic E-state index is 11.8. The van der Waals surface area contributed by atoms with Gasteiger partial charge in [0.1, 0.15) is 0 Å². The lowest BCUT2D eigenvalue weighted by atomic mass is 9.97. The van der Waals surface area contributed by atoms with Crippen molar-refractivity contribution in [3.05, 3.63) is 34.7 Å². The summed E-state index contributed by atoms with van der Waals surface area (Å²) < 4.78 is 0. The van der Waals surface area contributed by atoms with Crippen LogP contribution in [-0.2, 0) is 11.2 Å². The lowest BCUT2D eigenvalue weighted by Crippen LogP contribution is -2.21. The van der Waals surface area contributed by atoms with Gasteiger partial charge in [-0.15, -0.1) is 11.3 Å². The lowest BCUT2D eigenvalue weighted by Gasteiger charge is -2.07. The number of hydrogen-bond donors (Lipinski definition) is 2. The smallest absolute Gasteiger partial charge is 0.239 e. The van der Waals surface area contributed by atoms with Crippen molar-refractivity contribution >= 4 is 28.2 Å². The average molecular weight is 317 g/mol. The Balaban J connectivity index is 2.31. The van der Waals surface area contributed by atoms with Gasteiger partial charge < -0.3 is 11.1 Å². The molecule has 2 aromatic rings. The second kappa shape index (κ2) is 7.29. The largest absolute Gasteiger partial charge is 0.322 e. The zero-order chi connectivity index (χ0) is 16.1. The van der Waals surface area contributed by atoms with E-state index in [2.05, 4.69) is 17.2 Å². The molecular formula is C16H19N3O2S. The molecule has 116 valence electrons. The van der Waals surface area contributed by atoms with Crippen LogP contribution in [0, 0.1) is 0 Å². The van der Waals surface area contributed by atoms with E-state index in [1.807, 2.05) is 23.6 Å². The zero-order valence-electron chi connectivity index (χ0n) is 12.7. The quantitative estimate of drug-likeness (QED) is 0.802. The number of aryl methyl sites for hydroxylation is 1. The summed E-state index contributed by atoms with van der Waals surface area (Å²) in [5, 5.41) is 4.99. The second-order valence-corrected chi connectivity index (χ2v) is 5.83. The van der Waals surface area contributed by atoms with Gasteiger partial charge >= 0.3 is 0 Å². The van der Waals surface area contributed by atoms with E-state index in [-0.39, 0.29) is 18.2 Å². The van der Waals surface area contributed by atoms with Crippen molar-refractivity contribution in [2.24, 2.45) is 5.73 Å². The van der Waals surface area contributed by atoms with E-state index in [0.717, 1.165) is 35.2 Å². The third-order valence-corrected chi connectivity index (χ3v) is 4.00. The molecule has 0 aliphatic carbocycles. The minimum Gasteiger partial charge on any atom is -0.322 e. The number of carbonyl (C=O) groups is 2. The fourth-order valence-corrected chi connectivity index (χ4v) is 2.92. The normalized spacial score (nSPS) is 10.5. The number of amides is 1. The van der Waals surface area contributed by atoms with Gasteiger partial charge in [-0.3, -0.25) is 9.59 Å². The summed E-state index contributed by atoms with van der Waals surface area (Å²) in [4.78, 5) is 27.5. The molecule has 0 aliphatic rings. The maximum Gasteiger partial charge on any atom is 0.239 e. The first kappa shape index (κ1) is 16.3. The number of Topliss-reactive ketones (excluding diaryl/α,β-unsaturated/α-hetero) is 1. The topological polar surface area (TPSA) is 85.1 Å².